The SMILES string of the molecule is CCCCCCCCC(O)CCCCC(CCCCCCCC)S(=O)(=O)O. The van der Waals surface area contributed by atoms with Crippen molar-refractivity contribution < 1.29 is 18.1 Å². The predicted molar refractivity (Wildman–Crippen MR) is 116 cm³/mol. The number of aliphatic hydroxyl groups excluding tert-OH is 1. The molecule has 0 amide bonds. The molecule has 5 heteroatoms. The van der Waals surface area contributed by atoms with Crippen LogP contribution in [-0.4, -0.2) is 29.4 Å². The largest absolute Gasteiger partial charge is 0.393 e. The molecule has 0 aliphatic carbocycles. The minimum Gasteiger partial charge on any atom is -0.393 e. The van der Waals surface area contributed by atoms with Gasteiger partial charge in [0.1, 0.15) is 0 Å². The molecule has 0 saturated carbocycles. The van der Waals surface area contributed by atoms with Crippen molar-refractivity contribution in [2.75, 3.05) is 0 Å². The van der Waals surface area contributed by atoms with Gasteiger partial charge < -0.3 is 5.11 Å². The Kier molecular flexibility index (Phi) is 17.8. The molecule has 0 heterocycles. The first-order chi connectivity index (χ1) is 12.9. The highest BCUT2D eigenvalue weighted by Gasteiger charge is 2.22. The van der Waals surface area contributed by atoms with E-state index in [4.69, 9.17) is 0 Å². The van der Waals surface area contributed by atoms with Gasteiger partial charge in [0.15, 0.2) is 0 Å². The van der Waals surface area contributed by atoms with Crippen LogP contribution in [0.3, 0.4) is 0 Å². The van der Waals surface area contributed by atoms with Gasteiger partial charge in [0.05, 0.1) is 11.4 Å². The summed E-state index contributed by atoms with van der Waals surface area (Å²) in [5.41, 5.74) is 0. The lowest BCUT2D eigenvalue weighted by Gasteiger charge is -2.15. The van der Waals surface area contributed by atoms with Crippen LogP contribution in [0.1, 0.15) is 129 Å². The zero-order valence-electron chi connectivity index (χ0n) is 18.0. The molecule has 0 aromatic carbocycles. The van der Waals surface area contributed by atoms with E-state index >= 15 is 0 Å². The molecule has 0 rings (SSSR count). The third-order valence-electron chi connectivity index (χ3n) is 5.51. The Morgan fingerprint density at radius 2 is 0.926 bits per heavy atom. The summed E-state index contributed by atoms with van der Waals surface area (Å²) in [6.07, 6.45) is 18.1. The van der Waals surface area contributed by atoms with E-state index in [2.05, 4.69) is 13.8 Å². The number of aliphatic hydroxyl groups is 1. The van der Waals surface area contributed by atoms with E-state index in [0.29, 0.717) is 12.8 Å². The predicted octanol–water partition coefficient (Wildman–Crippen LogP) is 6.67. The molecule has 0 spiro atoms. The normalized spacial score (nSPS) is 14.4. The van der Waals surface area contributed by atoms with Crippen LogP contribution in [0.15, 0.2) is 0 Å². The molecular formula is C22H46O4S. The Hall–Kier alpha value is -0.130. The van der Waals surface area contributed by atoms with Gasteiger partial charge in [-0.15, -0.1) is 0 Å². The van der Waals surface area contributed by atoms with Crippen LogP contribution in [0.25, 0.3) is 0 Å². The van der Waals surface area contributed by atoms with Gasteiger partial charge in [-0.25, -0.2) is 0 Å². The minimum absolute atomic E-state index is 0.265. The lowest BCUT2D eigenvalue weighted by molar-refractivity contribution is 0.147. The van der Waals surface area contributed by atoms with Gasteiger partial charge in [-0.2, -0.15) is 8.42 Å². The molecule has 2 unspecified atom stereocenters. The van der Waals surface area contributed by atoms with Gasteiger partial charge in [0.25, 0.3) is 10.1 Å². The third kappa shape index (κ3) is 17.7. The Morgan fingerprint density at radius 3 is 1.37 bits per heavy atom. The van der Waals surface area contributed by atoms with E-state index in [1.807, 2.05) is 0 Å². The molecular weight excluding hydrogens is 360 g/mol. The van der Waals surface area contributed by atoms with Crippen molar-refractivity contribution in [2.45, 2.75) is 141 Å². The Bertz CT molecular complexity index is 409. The van der Waals surface area contributed by atoms with Crippen molar-refractivity contribution >= 4 is 10.1 Å². The molecule has 2 atom stereocenters. The Morgan fingerprint density at radius 1 is 0.593 bits per heavy atom. The number of unbranched alkanes of at least 4 members (excludes halogenated alkanes) is 11. The van der Waals surface area contributed by atoms with Crippen LogP contribution in [0.2, 0.25) is 0 Å². The summed E-state index contributed by atoms with van der Waals surface area (Å²) in [6.45, 7) is 4.39. The lowest BCUT2D eigenvalue weighted by Crippen LogP contribution is -2.20. The van der Waals surface area contributed by atoms with Crippen LogP contribution >= 0.6 is 0 Å². The molecule has 0 fully saturated rings. The molecule has 4 nitrogen and oxygen atoms in total. The second kappa shape index (κ2) is 17.9. The average Bonchev–Trinajstić information content (AvgIpc) is 2.61. The van der Waals surface area contributed by atoms with Crippen molar-refractivity contribution in [1.82, 2.24) is 0 Å². The fourth-order valence-electron chi connectivity index (χ4n) is 3.65. The summed E-state index contributed by atoms with van der Waals surface area (Å²) in [5, 5.41) is 9.43. The van der Waals surface area contributed by atoms with Crippen LogP contribution < -0.4 is 0 Å². The second-order valence-corrected chi connectivity index (χ2v) is 9.88. The van der Waals surface area contributed by atoms with Crippen LogP contribution in [-0.2, 0) is 10.1 Å². The molecule has 27 heavy (non-hydrogen) atoms. The standard InChI is InChI=1S/C22H46O4S/c1-3-5-7-9-11-13-17-21(23)18-15-16-20-22(27(24,25)26)19-14-12-10-8-6-4-2/h21-23H,3-20H2,1-2H3,(H,24,25,26). The maximum atomic E-state index is 11.6. The summed E-state index contributed by atoms with van der Waals surface area (Å²) in [4.78, 5) is 0. The smallest absolute Gasteiger partial charge is 0.267 e. The highest BCUT2D eigenvalue weighted by atomic mass is 32.2. The molecule has 0 aliphatic rings. The highest BCUT2D eigenvalue weighted by molar-refractivity contribution is 7.86. The van der Waals surface area contributed by atoms with Crippen molar-refractivity contribution in [2.24, 2.45) is 0 Å². The molecule has 0 aromatic rings. The Labute approximate surface area is 169 Å². The zero-order chi connectivity index (χ0) is 20.4. The van der Waals surface area contributed by atoms with E-state index < -0.39 is 15.4 Å². The second-order valence-electron chi connectivity index (χ2n) is 8.19. The fraction of sp³-hybridized carbons (Fsp3) is 1.00. The first-order valence-corrected chi connectivity index (χ1v) is 13.1. The molecule has 0 radical (unpaired) electrons. The van der Waals surface area contributed by atoms with E-state index in [1.165, 1.54) is 51.4 Å². The zero-order valence-corrected chi connectivity index (χ0v) is 18.8. The van der Waals surface area contributed by atoms with E-state index in [9.17, 15) is 18.1 Å². The van der Waals surface area contributed by atoms with Crippen LogP contribution in [0.5, 0.6) is 0 Å². The van der Waals surface area contributed by atoms with Crippen LogP contribution in [0, 0.1) is 0 Å². The lowest BCUT2D eigenvalue weighted by atomic mass is 10.0. The topological polar surface area (TPSA) is 74.6 Å². The third-order valence-corrected chi connectivity index (χ3v) is 6.82. The van der Waals surface area contributed by atoms with Gasteiger partial charge in [-0.3, -0.25) is 4.55 Å². The van der Waals surface area contributed by atoms with Crippen molar-refractivity contribution in [3.05, 3.63) is 0 Å². The van der Waals surface area contributed by atoms with Gasteiger partial charge >= 0.3 is 0 Å². The molecule has 0 bridgehead atoms. The average molecular weight is 407 g/mol. The summed E-state index contributed by atoms with van der Waals surface area (Å²) >= 11 is 0. The fourth-order valence-corrected chi connectivity index (χ4v) is 4.58. The number of hydrogen-bond donors (Lipinski definition) is 2. The van der Waals surface area contributed by atoms with Gasteiger partial charge in [-0.05, 0) is 25.7 Å². The molecule has 0 aliphatic heterocycles. The minimum atomic E-state index is -3.95. The first-order valence-electron chi connectivity index (χ1n) is 11.6. The Balaban J connectivity index is 3.80. The number of hydrogen-bond acceptors (Lipinski definition) is 3. The summed E-state index contributed by atoms with van der Waals surface area (Å²) in [6, 6.07) is 0. The van der Waals surface area contributed by atoms with Crippen molar-refractivity contribution in [3.63, 3.8) is 0 Å². The van der Waals surface area contributed by atoms with Crippen molar-refractivity contribution in [3.8, 4) is 0 Å². The first kappa shape index (κ1) is 26.9. The monoisotopic (exact) mass is 406 g/mol. The van der Waals surface area contributed by atoms with Gasteiger partial charge in [-0.1, -0.05) is 104 Å². The number of rotatable bonds is 20. The van der Waals surface area contributed by atoms with E-state index in [1.54, 1.807) is 0 Å². The van der Waals surface area contributed by atoms with E-state index in [0.717, 1.165) is 51.4 Å². The quantitative estimate of drug-likeness (QED) is 0.175. The maximum absolute atomic E-state index is 11.6. The van der Waals surface area contributed by atoms with E-state index in [-0.39, 0.29) is 6.10 Å². The van der Waals surface area contributed by atoms with Gasteiger partial charge in [0.2, 0.25) is 0 Å². The summed E-state index contributed by atoms with van der Waals surface area (Å²) in [5.74, 6) is 0. The molecule has 0 saturated heterocycles. The van der Waals surface area contributed by atoms with Crippen LogP contribution in [0.4, 0.5) is 0 Å². The summed E-state index contributed by atoms with van der Waals surface area (Å²) < 4.78 is 32.6. The van der Waals surface area contributed by atoms with Crippen molar-refractivity contribution in [1.29, 1.82) is 0 Å². The maximum Gasteiger partial charge on any atom is 0.267 e. The molecule has 164 valence electrons. The summed E-state index contributed by atoms with van der Waals surface area (Å²) in [7, 11) is -3.95. The highest BCUT2D eigenvalue weighted by Crippen LogP contribution is 2.19. The van der Waals surface area contributed by atoms with Gasteiger partial charge in [0, 0.05) is 0 Å². The molecule has 2 N–H and O–H groups in total. The molecule has 0 aromatic heterocycles.